The molecule has 0 radical (unpaired) electrons. The molecule has 1 N–H and O–H groups in total. The van der Waals surface area contributed by atoms with Crippen LogP contribution in [-0.4, -0.2) is 37.3 Å². The molecule has 0 atom stereocenters. The molecule has 0 saturated heterocycles. The van der Waals surface area contributed by atoms with E-state index in [0.717, 1.165) is 26.1 Å². The zero-order valence-electron chi connectivity index (χ0n) is 21.2. The number of aromatic nitrogens is 6. The summed E-state index contributed by atoms with van der Waals surface area (Å²) in [5.41, 5.74) is 2.73. The highest BCUT2D eigenvalue weighted by molar-refractivity contribution is 7.90. The molecule has 7 rings (SSSR count). The summed E-state index contributed by atoms with van der Waals surface area (Å²) in [6, 6.07) is 30.7. The van der Waals surface area contributed by atoms with Crippen molar-refractivity contribution in [3.05, 3.63) is 126 Å². The largest absolute Gasteiger partial charge is 0.346 e. The lowest BCUT2D eigenvalue weighted by Crippen LogP contribution is -2.12. The highest BCUT2D eigenvalue weighted by Gasteiger charge is 2.21. The number of halogens is 2. The molecule has 7 aromatic rings. The van der Waals surface area contributed by atoms with Crippen molar-refractivity contribution in [1.82, 2.24) is 28.9 Å². The van der Waals surface area contributed by atoms with E-state index in [-0.39, 0.29) is 15.7 Å². The first-order chi connectivity index (χ1) is 19.9. The average Bonchev–Trinajstić information content (AvgIpc) is 3.67. The van der Waals surface area contributed by atoms with Gasteiger partial charge in [0.25, 0.3) is 10.0 Å². The number of hydrogen-bond acceptors (Lipinski definition) is 6. The van der Waals surface area contributed by atoms with Gasteiger partial charge in [-0.1, -0.05) is 102 Å². The first kappa shape index (κ1) is 26.6. The van der Waals surface area contributed by atoms with Crippen LogP contribution in [-0.2, 0) is 10.0 Å². The molecule has 4 heterocycles. The number of hydrogen-bond donors (Lipinski definition) is 1. The predicted octanol–water partition coefficient (Wildman–Crippen LogP) is 7.27. The second-order valence-corrected chi connectivity index (χ2v) is 11.3. The minimum absolute atomic E-state index is 0.184. The third-order valence-corrected chi connectivity index (χ3v) is 8.45. The van der Waals surface area contributed by atoms with Crippen LogP contribution in [0.15, 0.2) is 120 Å². The molecule has 202 valence electrons. The van der Waals surface area contributed by atoms with Crippen LogP contribution in [0.4, 0.5) is 0 Å². The molecule has 0 saturated carbocycles. The maximum Gasteiger partial charge on any atom is 0.269 e. The third kappa shape index (κ3) is 5.30. The van der Waals surface area contributed by atoms with E-state index in [1.807, 2.05) is 66.7 Å². The molecule has 0 aliphatic rings. The second kappa shape index (κ2) is 11.1. The lowest BCUT2D eigenvalue weighted by molar-refractivity contribution is 0.589. The molecular formula is C30H20Cl2N6O2S. The first-order valence-corrected chi connectivity index (χ1v) is 14.6. The van der Waals surface area contributed by atoms with Gasteiger partial charge < -0.3 is 4.98 Å². The van der Waals surface area contributed by atoms with Crippen LogP contribution in [0.3, 0.4) is 0 Å². The minimum Gasteiger partial charge on any atom is -0.346 e. The van der Waals surface area contributed by atoms with Crippen LogP contribution >= 0.6 is 23.2 Å². The highest BCUT2D eigenvalue weighted by atomic mass is 35.5. The Morgan fingerprint density at radius 2 is 1.15 bits per heavy atom. The van der Waals surface area contributed by atoms with E-state index in [2.05, 4.69) is 24.9 Å². The van der Waals surface area contributed by atoms with E-state index >= 15 is 0 Å². The summed E-state index contributed by atoms with van der Waals surface area (Å²) in [4.78, 5) is 20.6. The number of benzene rings is 3. The first-order valence-electron chi connectivity index (χ1n) is 12.4. The van der Waals surface area contributed by atoms with E-state index in [4.69, 9.17) is 23.2 Å². The van der Waals surface area contributed by atoms with E-state index in [1.54, 1.807) is 42.6 Å². The predicted molar refractivity (Wildman–Crippen MR) is 161 cm³/mol. The summed E-state index contributed by atoms with van der Waals surface area (Å²) in [7, 11) is -3.77. The van der Waals surface area contributed by atoms with E-state index in [9.17, 15) is 8.42 Å². The number of H-pyrrole nitrogens is 1. The van der Waals surface area contributed by atoms with Crippen LogP contribution in [0.25, 0.3) is 44.8 Å². The van der Waals surface area contributed by atoms with E-state index in [1.165, 1.54) is 6.20 Å². The summed E-state index contributed by atoms with van der Waals surface area (Å²) in [6.45, 7) is 0. The van der Waals surface area contributed by atoms with Crippen LogP contribution in [0.5, 0.6) is 0 Å². The SMILES string of the molecule is Clc1nc(-c2ccccc2)nc2[nH]ccc12.O=S(=O)(c1ccccc1)n1ccc2c(Cl)nc(-c3ccccc3)nc21. The van der Waals surface area contributed by atoms with Gasteiger partial charge >= 0.3 is 0 Å². The normalized spacial score (nSPS) is 11.4. The number of aromatic amines is 1. The Balaban J connectivity index is 0.000000162. The molecule has 0 aliphatic heterocycles. The third-order valence-electron chi connectivity index (χ3n) is 6.20. The van der Waals surface area contributed by atoms with Crippen molar-refractivity contribution in [2.45, 2.75) is 4.90 Å². The molecule has 41 heavy (non-hydrogen) atoms. The molecule has 0 spiro atoms. The topological polar surface area (TPSA) is 106 Å². The summed E-state index contributed by atoms with van der Waals surface area (Å²) in [5.74, 6) is 1.02. The Morgan fingerprint density at radius 1 is 0.610 bits per heavy atom. The van der Waals surface area contributed by atoms with Gasteiger partial charge in [-0.25, -0.2) is 32.3 Å². The fraction of sp³-hybridized carbons (Fsp3) is 0. The van der Waals surface area contributed by atoms with Gasteiger partial charge in [0.1, 0.15) is 16.0 Å². The summed E-state index contributed by atoms with van der Waals surface area (Å²) in [6.07, 6.45) is 3.25. The van der Waals surface area contributed by atoms with Crippen molar-refractivity contribution >= 4 is 55.3 Å². The van der Waals surface area contributed by atoms with Crippen LogP contribution in [0.2, 0.25) is 10.3 Å². The standard InChI is InChI=1S/C18H12ClN3O2S.C12H8ClN3/c19-16-15-11-12-22(25(23,24)14-9-5-2-6-10-14)18(15)21-17(20-16)13-7-3-1-4-8-13;13-10-9-6-7-14-12(9)16-11(15-10)8-4-2-1-3-5-8/h1-12H;1-7H,(H,14,15,16). The maximum atomic E-state index is 12.9. The van der Waals surface area contributed by atoms with Gasteiger partial charge in [-0.15, -0.1) is 0 Å². The quantitative estimate of drug-likeness (QED) is 0.213. The van der Waals surface area contributed by atoms with Gasteiger partial charge in [-0.05, 0) is 24.3 Å². The fourth-order valence-electron chi connectivity index (χ4n) is 4.19. The number of nitrogens with zero attached hydrogens (tertiary/aromatic N) is 5. The smallest absolute Gasteiger partial charge is 0.269 e. The van der Waals surface area contributed by atoms with Gasteiger partial charge in [0.05, 0.1) is 15.7 Å². The highest BCUT2D eigenvalue weighted by Crippen LogP contribution is 2.28. The zero-order chi connectivity index (χ0) is 28.4. The lowest BCUT2D eigenvalue weighted by Gasteiger charge is -2.08. The van der Waals surface area contributed by atoms with Crippen molar-refractivity contribution in [2.24, 2.45) is 0 Å². The van der Waals surface area contributed by atoms with Gasteiger partial charge in [0, 0.05) is 23.5 Å². The van der Waals surface area contributed by atoms with Gasteiger partial charge in [0.15, 0.2) is 17.3 Å². The molecule has 0 aliphatic carbocycles. The summed E-state index contributed by atoms with van der Waals surface area (Å²) >= 11 is 12.3. The van der Waals surface area contributed by atoms with Crippen molar-refractivity contribution in [3.8, 4) is 22.8 Å². The molecular weight excluding hydrogens is 579 g/mol. The Kier molecular flexibility index (Phi) is 7.23. The molecule has 4 aromatic heterocycles. The van der Waals surface area contributed by atoms with Crippen molar-refractivity contribution < 1.29 is 8.42 Å². The second-order valence-electron chi connectivity index (χ2n) is 8.81. The molecule has 0 bridgehead atoms. The number of fused-ring (bicyclic) bond motifs is 2. The van der Waals surface area contributed by atoms with Crippen LogP contribution in [0, 0.1) is 0 Å². The fourth-order valence-corrected chi connectivity index (χ4v) is 5.97. The summed E-state index contributed by atoms with van der Waals surface area (Å²) in [5, 5.41) is 2.03. The van der Waals surface area contributed by atoms with E-state index < -0.39 is 10.0 Å². The lowest BCUT2D eigenvalue weighted by atomic mass is 10.2. The number of rotatable bonds is 4. The van der Waals surface area contributed by atoms with Crippen molar-refractivity contribution in [3.63, 3.8) is 0 Å². The molecule has 3 aromatic carbocycles. The Bertz CT molecular complexity index is 2080. The molecule has 0 fully saturated rings. The van der Waals surface area contributed by atoms with Gasteiger partial charge in [-0.2, -0.15) is 0 Å². The maximum absolute atomic E-state index is 12.9. The molecule has 8 nitrogen and oxygen atoms in total. The van der Waals surface area contributed by atoms with Crippen LogP contribution in [0.1, 0.15) is 0 Å². The van der Waals surface area contributed by atoms with Crippen LogP contribution < -0.4 is 0 Å². The Hall–Kier alpha value is -4.57. The minimum atomic E-state index is -3.77. The average molecular weight is 600 g/mol. The van der Waals surface area contributed by atoms with Gasteiger partial charge in [-0.3, -0.25) is 0 Å². The molecule has 11 heteroatoms. The monoisotopic (exact) mass is 598 g/mol. The van der Waals surface area contributed by atoms with Gasteiger partial charge in [0.2, 0.25) is 0 Å². The van der Waals surface area contributed by atoms with Crippen molar-refractivity contribution in [2.75, 3.05) is 0 Å². The molecule has 0 amide bonds. The zero-order valence-corrected chi connectivity index (χ0v) is 23.5. The Morgan fingerprint density at radius 3 is 1.76 bits per heavy atom. The van der Waals surface area contributed by atoms with E-state index in [0.29, 0.717) is 22.2 Å². The Labute approximate surface area is 245 Å². The molecule has 0 unspecified atom stereocenters. The van der Waals surface area contributed by atoms with Crippen molar-refractivity contribution in [1.29, 1.82) is 0 Å². The summed E-state index contributed by atoms with van der Waals surface area (Å²) < 4.78 is 27.0. The number of nitrogens with one attached hydrogen (secondary N) is 1.